The summed E-state index contributed by atoms with van der Waals surface area (Å²) in [6.45, 7) is 0. The largest absolute Gasteiger partial charge is 0.475 e. The summed E-state index contributed by atoms with van der Waals surface area (Å²) in [5.41, 5.74) is 11.0. The molecule has 1 aromatic heterocycles. The lowest BCUT2D eigenvalue weighted by Crippen LogP contribution is -2.36. The molecule has 3 unspecified atom stereocenters. The van der Waals surface area contributed by atoms with Crippen LogP contribution in [0.15, 0.2) is 204 Å². The number of benzene rings is 6. The highest BCUT2D eigenvalue weighted by atomic mass is 16.6. The topological polar surface area (TPSA) is 47.8 Å². The van der Waals surface area contributed by atoms with Gasteiger partial charge in [0.25, 0.3) is 0 Å². The number of hydrogen-bond acceptors (Lipinski definition) is 4. The number of fused-ring (bicyclic) bond motifs is 8. The monoisotopic (exact) mass is 709 g/mol. The Morgan fingerprint density at radius 1 is 0.618 bits per heavy atom. The third-order valence-corrected chi connectivity index (χ3v) is 11.1. The van der Waals surface area contributed by atoms with Crippen molar-refractivity contribution in [3.63, 3.8) is 0 Å². The molecule has 55 heavy (non-hydrogen) atoms. The molecule has 0 saturated heterocycles. The van der Waals surface area contributed by atoms with Gasteiger partial charge in [-0.25, -0.2) is 4.99 Å². The molecule has 0 spiro atoms. The lowest BCUT2D eigenvalue weighted by Gasteiger charge is -2.36. The molecule has 0 radical (unpaired) electrons. The van der Waals surface area contributed by atoms with Gasteiger partial charge < -0.3 is 19.4 Å². The molecule has 3 heterocycles. The fourth-order valence-electron chi connectivity index (χ4n) is 8.33. The van der Waals surface area contributed by atoms with E-state index in [2.05, 4.69) is 180 Å². The van der Waals surface area contributed by atoms with E-state index in [0.717, 1.165) is 73.2 Å². The van der Waals surface area contributed by atoms with Crippen LogP contribution in [0.1, 0.15) is 22.7 Å². The van der Waals surface area contributed by atoms with Gasteiger partial charge in [0.05, 0.1) is 17.3 Å². The third kappa shape index (κ3) is 5.35. The number of hydrogen-bond donors (Lipinski definition) is 1. The van der Waals surface area contributed by atoms with Crippen molar-refractivity contribution in [2.75, 3.05) is 0 Å². The van der Waals surface area contributed by atoms with Gasteiger partial charge in [-0.2, -0.15) is 0 Å². The van der Waals surface area contributed by atoms with E-state index < -0.39 is 0 Å². The summed E-state index contributed by atoms with van der Waals surface area (Å²) in [5.74, 6) is 3.33. The third-order valence-electron chi connectivity index (χ3n) is 11.1. The molecule has 1 N–H and O–H groups in total. The number of nitrogens with zero attached hydrogens (tertiary/aromatic N) is 2. The molecule has 2 aliphatic carbocycles. The fraction of sp³-hybridized carbons (Fsp3) is 0.0600. The van der Waals surface area contributed by atoms with Gasteiger partial charge in [-0.3, -0.25) is 0 Å². The highest BCUT2D eigenvalue weighted by Crippen LogP contribution is 2.48. The van der Waals surface area contributed by atoms with Crippen LogP contribution in [0.2, 0.25) is 0 Å². The number of aliphatic imine (C=N–C) groups is 1. The minimum atomic E-state index is -0.225. The Labute approximate surface area is 319 Å². The zero-order valence-electron chi connectivity index (χ0n) is 29.8. The van der Waals surface area contributed by atoms with E-state index in [0.29, 0.717) is 0 Å². The van der Waals surface area contributed by atoms with E-state index >= 15 is 0 Å². The van der Waals surface area contributed by atoms with Crippen molar-refractivity contribution in [1.82, 2.24) is 9.88 Å². The molecule has 6 aromatic carbocycles. The molecule has 4 aliphatic rings. The second-order valence-corrected chi connectivity index (χ2v) is 14.3. The van der Waals surface area contributed by atoms with Crippen LogP contribution in [0.4, 0.5) is 0 Å². The van der Waals surface area contributed by atoms with E-state index in [-0.39, 0.29) is 18.1 Å². The van der Waals surface area contributed by atoms with E-state index in [1.165, 1.54) is 16.5 Å². The van der Waals surface area contributed by atoms with Crippen molar-refractivity contribution in [3.8, 4) is 28.3 Å². The molecule has 0 saturated carbocycles. The maximum atomic E-state index is 6.97. The average molecular weight is 710 g/mol. The van der Waals surface area contributed by atoms with E-state index in [1.807, 2.05) is 18.2 Å². The Bertz CT molecular complexity index is 2820. The van der Waals surface area contributed by atoms with Crippen molar-refractivity contribution in [3.05, 3.63) is 216 Å². The van der Waals surface area contributed by atoms with Gasteiger partial charge in [0.15, 0.2) is 17.6 Å². The highest BCUT2D eigenvalue weighted by molar-refractivity contribution is 6.12. The van der Waals surface area contributed by atoms with E-state index in [4.69, 9.17) is 14.5 Å². The number of rotatable bonds is 5. The van der Waals surface area contributed by atoms with Gasteiger partial charge in [0.1, 0.15) is 17.1 Å². The normalized spacial score (nSPS) is 19.5. The van der Waals surface area contributed by atoms with Crippen LogP contribution in [-0.2, 0) is 0 Å². The maximum absolute atomic E-state index is 6.97. The summed E-state index contributed by atoms with van der Waals surface area (Å²) >= 11 is 0. The second kappa shape index (κ2) is 12.8. The predicted molar refractivity (Wildman–Crippen MR) is 222 cm³/mol. The minimum absolute atomic E-state index is 0.0105. The van der Waals surface area contributed by atoms with Crippen molar-refractivity contribution in [1.29, 1.82) is 0 Å². The van der Waals surface area contributed by atoms with Crippen molar-refractivity contribution in [2.24, 2.45) is 10.9 Å². The van der Waals surface area contributed by atoms with Crippen molar-refractivity contribution in [2.45, 2.75) is 12.1 Å². The zero-order chi connectivity index (χ0) is 36.3. The van der Waals surface area contributed by atoms with Crippen LogP contribution < -0.4 is 14.8 Å². The molecule has 0 amide bonds. The Kier molecular flexibility index (Phi) is 7.30. The molecule has 3 atom stereocenters. The molecule has 7 aromatic rings. The minimum Gasteiger partial charge on any atom is -0.475 e. The van der Waals surface area contributed by atoms with E-state index in [1.54, 1.807) is 0 Å². The summed E-state index contributed by atoms with van der Waals surface area (Å²) in [7, 11) is 0. The van der Waals surface area contributed by atoms with Gasteiger partial charge in [-0.1, -0.05) is 146 Å². The van der Waals surface area contributed by atoms with Crippen LogP contribution in [0.3, 0.4) is 0 Å². The Morgan fingerprint density at radius 3 is 2.16 bits per heavy atom. The molecule has 5 heteroatoms. The number of ether oxygens (including phenoxy) is 2. The van der Waals surface area contributed by atoms with Crippen LogP contribution >= 0.6 is 0 Å². The summed E-state index contributed by atoms with van der Waals surface area (Å²) < 4.78 is 15.9. The molecule has 262 valence electrons. The molecule has 0 fully saturated rings. The fourth-order valence-corrected chi connectivity index (χ4v) is 8.33. The highest BCUT2D eigenvalue weighted by Gasteiger charge is 2.38. The molecule has 5 nitrogen and oxygen atoms in total. The van der Waals surface area contributed by atoms with Crippen LogP contribution in [0.25, 0.3) is 44.3 Å². The van der Waals surface area contributed by atoms with Crippen LogP contribution in [0.5, 0.6) is 11.5 Å². The zero-order valence-corrected chi connectivity index (χ0v) is 29.8. The molecular formula is C50H35N3O2. The maximum Gasteiger partial charge on any atom is 0.187 e. The van der Waals surface area contributed by atoms with Gasteiger partial charge in [0.2, 0.25) is 0 Å². The molecule has 2 aliphatic heterocycles. The number of amidine groups is 1. The van der Waals surface area contributed by atoms with Gasteiger partial charge in [-0.15, -0.1) is 0 Å². The number of para-hydroxylation sites is 1. The standard InChI is InChI=1S/C50H35N3O2/c1-3-12-35(13-4-1)42-31-43(52-50(51-42)37-14-5-2-6-15-37)36-21-19-32(20-22-36)33-23-26-38(27-24-33)53-44-18-10-9-17-40(44)41-28-30-46-49(47(41)53)55-48-39-16-8-7-11-34(39)25-29-45(48)54-46/h1-31,39,42,48H,(H,51,52). The van der Waals surface area contributed by atoms with Gasteiger partial charge in [0, 0.05) is 27.9 Å². The molecule has 0 bridgehead atoms. The lowest BCUT2D eigenvalue weighted by atomic mass is 9.84. The smallest absolute Gasteiger partial charge is 0.187 e. The van der Waals surface area contributed by atoms with Crippen LogP contribution in [-0.4, -0.2) is 16.5 Å². The van der Waals surface area contributed by atoms with E-state index in [9.17, 15) is 0 Å². The second-order valence-electron chi connectivity index (χ2n) is 14.3. The first-order chi connectivity index (χ1) is 27.2. The first-order valence-electron chi connectivity index (χ1n) is 18.8. The summed E-state index contributed by atoms with van der Waals surface area (Å²) in [6, 6.07) is 51.2. The molecular weight excluding hydrogens is 675 g/mol. The Balaban J connectivity index is 0.943. The molecule has 11 rings (SSSR count). The first-order valence-corrected chi connectivity index (χ1v) is 18.8. The van der Waals surface area contributed by atoms with Crippen molar-refractivity contribution >= 4 is 33.3 Å². The summed E-state index contributed by atoms with van der Waals surface area (Å²) in [4.78, 5) is 5.10. The number of aromatic nitrogens is 1. The number of allylic oxidation sites excluding steroid dienone is 5. The predicted octanol–water partition coefficient (Wildman–Crippen LogP) is 11.3. The summed E-state index contributed by atoms with van der Waals surface area (Å²) in [6.07, 6.45) is 14.7. The Hall–Kier alpha value is -7.11. The Morgan fingerprint density at radius 2 is 1.35 bits per heavy atom. The first kappa shape index (κ1) is 31.4. The van der Waals surface area contributed by atoms with Gasteiger partial charge in [-0.05, 0) is 70.3 Å². The van der Waals surface area contributed by atoms with Crippen molar-refractivity contribution < 1.29 is 9.47 Å². The SMILES string of the molecule is C1=CC2=CC=C3Oc4ccc5c6ccccc6n(-c6ccc(-c7ccc(C8=CC(c9ccccc9)NC(c9ccccc9)=N8)cc7)cc6)c5c4OC3C2C=C1. The average Bonchev–Trinajstić information content (AvgIpc) is 3.61. The number of nitrogens with one attached hydrogen (secondary N) is 1. The lowest BCUT2D eigenvalue weighted by molar-refractivity contribution is 0.125. The quantitative estimate of drug-likeness (QED) is 0.194. The summed E-state index contributed by atoms with van der Waals surface area (Å²) in [5, 5.41) is 5.96. The van der Waals surface area contributed by atoms with Crippen LogP contribution in [0, 0.1) is 5.92 Å². The van der Waals surface area contributed by atoms with Gasteiger partial charge >= 0.3 is 0 Å².